The minimum absolute atomic E-state index is 0.121. The fourth-order valence-corrected chi connectivity index (χ4v) is 3.72. The lowest BCUT2D eigenvalue weighted by Gasteiger charge is -2.22. The topological polar surface area (TPSA) is 94.8 Å². The summed E-state index contributed by atoms with van der Waals surface area (Å²) >= 11 is 0. The van der Waals surface area contributed by atoms with Crippen LogP contribution in [0.5, 0.6) is 0 Å². The molecule has 0 bridgehead atoms. The van der Waals surface area contributed by atoms with Gasteiger partial charge in [-0.2, -0.15) is 0 Å². The molecular weight excluding hydrogens is 332 g/mol. The molecule has 0 aromatic carbocycles. The molecule has 1 fully saturated rings. The van der Waals surface area contributed by atoms with E-state index in [4.69, 9.17) is 5.11 Å². The second kappa shape index (κ2) is 11.5. The molecule has 0 spiro atoms. The van der Waals surface area contributed by atoms with Gasteiger partial charge < -0.3 is 15.3 Å². The van der Waals surface area contributed by atoms with Crippen LogP contribution in [0.15, 0.2) is 12.2 Å². The summed E-state index contributed by atoms with van der Waals surface area (Å²) in [5.74, 6) is -0.959. The summed E-state index contributed by atoms with van der Waals surface area (Å²) < 4.78 is 0. The van der Waals surface area contributed by atoms with Crippen molar-refractivity contribution in [3.63, 3.8) is 0 Å². The van der Waals surface area contributed by atoms with Gasteiger partial charge in [0.05, 0.1) is 11.7 Å². The molecule has 1 aliphatic carbocycles. The Morgan fingerprint density at radius 1 is 1.23 bits per heavy atom. The number of aliphatic hydroxyl groups is 2. The average molecular weight is 369 g/mol. The van der Waals surface area contributed by atoms with Gasteiger partial charge in [0.2, 0.25) is 0 Å². The number of carboxylic acids is 1. The molecule has 0 heterocycles. The number of carboxylic acid groups (broad SMARTS) is 1. The summed E-state index contributed by atoms with van der Waals surface area (Å²) in [7, 11) is 0. The molecule has 5 heteroatoms. The van der Waals surface area contributed by atoms with Gasteiger partial charge in [-0.3, -0.25) is 9.59 Å². The Bertz CT molecular complexity index is 469. The molecule has 4 atom stereocenters. The van der Waals surface area contributed by atoms with E-state index in [9.17, 15) is 19.8 Å². The number of rotatable bonds is 13. The monoisotopic (exact) mass is 368 g/mol. The fraction of sp³-hybridized carbons (Fsp3) is 0.810. The molecule has 26 heavy (non-hydrogen) atoms. The Hall–Kier alpha value is -1.20. The van der Waals surface area contributed by atoms with Crippen LogP contribution in [0.1, 0.15) is 84.5 Å². The molecule has 1 rings (SSSR count). The standard InChI is InChI=1S/C21H36O5/c1-3-4-13-21(2,26)14-9-11-17-16(18(22)15-19(17)23)10-7-5-6-8-12-20(24)25/h9,11,16-17,19,23,26H,3-8,10,12-15H2,1-2H3,(H,24,25)/t16-,17-,19?,21?/m1/s1. The Balaban J connectivity index is 2.44. The van der Waals surface area contributed by atoms with Crippen molar-refractivity contribution >= 4 is 11.8 Å². The number of aliphatic hydroxyl groups excluding tert-OH is 1. The van der Waals surface area contributed by atoms with Crippen LogP contribution >= 0.6 is 0 Å². The molecule has 0 saturated heterocycles. The smallest absolute Gasteiger partial charge is 0.303 e. The van der Waals surface area contributed by atoms with E-state index in [0.717, 1.165) is 44.9 Å². The minimum atomic E-state index is -0.765. The molecule has 5 nitrogen and oxygen atoms in total. The lowest BCUT2D eigenvalue weighted by Crippen LogP contribution is -2.23. The SMILES string of the molecule is CCCCC(C)(O)CC=C[C@H]1C(O)CC(=O)[C@@H]1CCCCCCC(=O)O. The van der Waals surface area contributed by atoms with Gasteiger partial charge in [-0.15, -0.1) is 0 Å². The van der Waals surface area contributed by atoms with Gasteiger partial charge in [0.15, 0.2) is 0 Å². The highest BCUT2D eigenvalue weighted by atomic mass is 16.4. The number of ketones is 1. The zero-order chi connectivity index (χ0) is 19.6. The molecule has 0 amide bonds. The van der Waals surface area contributed by atoms with E-state index in [1.165, 1.54) is 0 Å². The van der Waals surface area contributed by atoms with Crippen molar-refractivity contribution in [1.29, 1.82) is 0 Å². The Labute approximate surface area is 157 Å². The van der Waals surface area contributed by atoms with Gasteiger partial charge in [-0.1, -0.05) is 51.2 Å². The zero-order valence-corrected chi connectivity index (χ0v) is 16.3. The largest absolute Gasteiger partial charge is 0.481 e. The Morgan fingerprint density at radius 3 is 2.58 bits per heavy atom. The van der Waals surface area contributed by atoms with Gasteiger partial charge in [0.1, 0.15) is 5.78 Å². The number of unbranched alkanes of at least 4 members (excludes halogenated alkanes) is 4. The maximum absolute atomic E-state index is 12.2. The molecule has 0 aliphatic heterocycles. The molecule has 150 valence electrons. The number of hydrogen-bond donors (Lipinski definition) is 3. The van der Waals surface area contributed by atoms with Gasteiger partial charge in [-0.05, 0) is 32.6 Å². The van der Waals surface area contributed by atoms with Crippen LogP contribution in [0.4, 0.5) is 0 Å². The van der Waals surface area contributed by atoms with Crippen molar-refractivity contribution < 1.29 is 24.9 Å². The number of aliphatic carboxylic acids is 1. The minimum Gasteiger partial charge on any atom is -0.481 e. The number of carbonyl (C=O) groups is 2. The fourth-order valence-electron chi connectivity index (χ4n) is 3.72. The normalized spacial score (nSPS) is 25.7. The van der Waals surface area contributed by atoms with Crippen LogP contribution in [-0.4, -0.2) is 38.8 Å². The van der Waals surface area contributed by atoms with Crippen molar-refractivity contribution in [3.8, 4) is 0 Å². The van der Waals surface area contributed by atoms with Gasteiger partial charge >= 0.3 is 5.97 Å². The van der Waals surface area contributed by atoms with Gasteiger partial charge in [0, 0.05) is 24.7 Å². The molecule has 3 N–H and O–H groups in total. The highest BCUT2D eigenvalue weighted by Crippen LogP contribution is 2.34. The summed E-state index contributed by atoms with van der Waals surface area (Å²) in [6.07, 6.45) is 11.0. The summed E-state index contributed by atoms with van der Waals surface area (Å²) in [5.41, 5.74) is -0.736. The van der Waals surface area contributed by atoms with Crippen molar-refractivity contribution in [2.45, 2.75) is 96.2 Å². The molecule has 0 radical (unpaired) electrons. The van der Waals surface area contributed by atoms with E-state index >= 15 is 0 Å². The van der Waals surface area contributed by atoms with E-state index < -0.39 is 17.7 Å². The molecule has 1 saturated carbocycles. The number of Topliss-reactive ketones (excluding diaryl/α,β-unsaturated/α-hetero) is 1. The first-order valence-electron chi connectivity index (χ1n) is 10.1. The van der Waals surface area contributed by atoms with Crippen molar-refractivity contribution in [1.82, 2.24) is 0 Å². The van der Waals surface area contributed by atoms with Gasteiger partial charge in [0.25, 0.3) is 0 Å². The third kappa shape index (κ3) is 8.45. The van der Waals surface area contributed by atoms with E-state index in [-0.39, 0.29) is 30.5 Å². The summed E-state index contributed by atoms with van der Waals surface area (Å²) in [5, 5.41) is 29.2. The molecule has 0 aromatic heterocycles. The van der Waals surface area contributed by atoms with E-state index in [2.05, 4.69) is 6.92 Å². The first-order valence-corrected chi connectivity index (χ1v) is 10.1. The average Bonchev–Trinajstić information content (AvgIpc) is 2.82. The van der Waals surface area contributed by atoms with Crippen molar-refractivity contribution in [3.05, 3.63) is 12.2 Å². The van der Waals surface area contributed by atoms with Crippen LogP contribution in [0.2, 0.25) is 0 Å². The lowest BCUT2D eigenvalue weighted by molar-refractivity contribution is -0.137. The Morgan fingerprint density at radius 2 is 1.92 bits per heavy atom. The summed E-state index contributed by atoms with van der Waals surface area (Å²) in [4.78, 5) is 22.7. The van der Waals surface area contributed by atoms with Crippen LogP contribution < -0.4 is 0 Å². The predicted molar refractivity (Wildman–Crippen MR) is 102 cm³/mol. The second-order valence-corrected chi connectivity index (χ2v) is 8.00. The van der Waals surface area contributed by atoms with E-state index in [1.54, 1.807) is 0 Å². The third-order valence-electron chi connectivity index (χ3n) is 5.37. The Kier molecular flexibility index (Phi) is 10.1. The van der Waals surface area contributed by atoms with Crippen LogP contribution in [0.3, 0.4) is 0 Å². The molecular formula is C21H36O5. The van der Waals surface area contributed by atoms with Gasteiger partial charge in [-0.25, -0.2) is 0 Å². The van der Waals surface area contributed by atoms with Crippen LogP contribution in [0, 0.1) is 11.8 Å². The molecule has 2 unspecified atom stereocenters. The lowest BCUT2D eigenvalue weighted by atomic mass is 9.87. The predicted octanol–water partition coefficient (Wildman–Crippen LogP) is 3.87. The maximum atomic E-state index is 12.2. The van der Waals surface area contributed by atoms with E-state index in [0.29, 0.717) is 12.8 Å². The quantitative estimate of drug-likeness (QED) is 0.339. The first kappa shape index (κ1) is 22.8. The molecule has 0 aromatic rings. The van der Waals surface area contributed by atoms with Crippen molar-refractivity contribution in [2.24, 2.45) is 11.8 Å². The number of carbonyl (C=O) groups excluding carboxylic acids is 1. The number of hydrogen-bond acceptors (Lipinski definition) is 4. The zero-order valence-electron chi connectivity index (χ0n) is 16.3. The highest BCUT2D eigenvalue weighted by molar-refractivity contribution is 5.84. The first-order chi connectivity index (χ1) is 12.3. The van der Waals surface area contributed by atoms with Crippen LogP contribution in [0.25, 0.3) is 0 Å². The second-order valence-electron chi connectivity index (χ2n) is 8.00. The maximum Gasteiger partial charge on any atom is 0.303 e. The summed E-state index contributed by atoms with van der Waals surface area (Å²) in [6.45, 7) is 3.93. The van der Waals surface area contributed by atoms with Crippen LogP contribution in [-0.2, 0) is 9.59 Å². The molecule has 1 aliphatic rings. The third-order valence-corrected chi connectivity index (χ3v) is 5.37. The van der Waals surface area contributed by atoms with E-state index in [1.807, 2.05) is 19.1 Å². The summed E-state index contributed by atoms with van der Waals surface area (Å²) in [6, 6.07) is 0. The van der Waals surface area contributed by atoms with Crippen molar-refractivity contribution in [2.75, 3.05) is 0 Å². The highest BCUT2D eigenvalue weighted by Gasteiger charge is 2.39.